The average Bonchev–Trinajstić information content (AvgIpc) is 3.45. The summed E-state index contributed by atoms with van der Waals surface area (Å²) in [7, 11) is 2.18. The highest BCUT2D eigenvalue weighted by molar-refractivity contribution is 5.96. The van der Waals surface area contributed by atoms with Gasteiger partial charge in [0, 0.05) is 24.3 Å². The number of urea groups is 1. The van der Waals surface area contributed by atoms with Crippen molar-refractivity contribution >= 4 is 17.6 Å². The first-order valence-electron chi connectivity index (χ1n) is 9.74. The van der Waals surface area contributed by atoms with Crippen LogP contribution in [0.25, 0.3) is 0 Å². The van der Waals surface area contributed by atoms with Gasteiger partial charge in [0.05, 0.1) is 6.54 Å². The summed E-state index contributed by atoms with van der Waals surface area (Å²) in [5.41, 5.74) is 2.13. The molecule has 0 spiro atoms. The van der Waals surface area contributed by atoms with E-state index < -0.39 is 6.03 Å². The van der Waals surface area contributed by atoms with Crippen LogP contribution in [0.5, 0.6) is 0 Å². The maximum absolute atomic E-state index is 12.0. The molecule has 1 aromatic carbocycles. The Balaban J connectivity index is 1.49. The highest BCUT2D eigenvalue weighted by Gasteiger charge is 2.24. The minimum absolute atomic E-state index is 0.0856. The van der Waals surface area contributed by atoms with E-state index in [-0.39, 0.29) is 18.5 Å². The van der Waals surface area contributed by atoms with Gasteiger partial charge >= 0.3 is 6.03 Å². The van der Waals surface area contributed by atoms with Crippen LogP contribution in [0.15, 0.2) is 24.3 Å². The Morgan fingerprint density at radius 3 is 2.54 bits per heavy atom. The van der Waals surface area contributed by atoms with Crippen molar-refractivity contribution in [3.63, 3.8) is 0 Å². The van der Waals surface area contributed by atoms with E-state index in [0.29, 0.717) is 6.04 Å². The molecule has 0 radical (unpaired) electrons. The standard InChI is InChI=1S/C20H30N4O2/c1-24(17-8-3-2-4-9-17)14-15-7-5-6-10-18(15)21-13-19(25)23-20(26)22-16-11-12-16/h5-7,10,16-17,21H,2-4,8-9,11-14H2,1H3,(H2,22,23,25,26). The number of carbonyl (C=O) groups excluding carboxylic acids is 2. The molecule has 2 saturated carbocycles. The molecular formula is C20H30N4O2. The quantitative estimate of drug-likeness (QED) is 0.701. The van der Waals surface area contributed by atoms with Crippen molar-refractivity contribution in [1.29, 1.82) is 0 Å². The van der Waals surface area contributed by atoms with Gasteiger partial charge in [-0.25, -0.2) is 4.79 Å². The molecule has 3 rings (SSSR count). The molecule has 6 heteroatoms. The lowest BCUT2D eigenvalue weighted by Crippen LogP contribution is -2.42. The number of benzene rings is 1. The Morgan fingerprint density at radius 2 is 1.81 bits per heavy atom. The molecule has 0 bridgehead atoms. The summed E-state index contributed by atoms with van der Waals surface area (Å²) >= 11 is 0. The summed E-state index contributed by atoms with van der Waals surface area (Å²) in [6, 6.07) is 8.56. The monoisotopic (exact) mass is 358 g/mol. The molecular weight excluding hydrogens is 328 g/mol. The van der Waals surface area contributed by atoms with Gasteiger partial charge in [-0.2, -0.15) is 0 Å². The number of para-hydroxylation sites is 1. The summed E-state index contributed by atoms with van der Waals surface area (Å²) in [6.07, 6.45) is 8.53. The topological polar surface area (TPSA) is 73.5 Å². The predicted octanol–water partition coefficient (Wildman–Crippen LogP) is 2.85. The van der Waals surface area contributed by atoms with Gasteiger partial charge in [0.25, 0.3) is 0 Å². The summed E-state index contributed by atoms with van der Waals surface area (Å²) in [6.45, 7) is 0.944. The molecule has 2 aliphatic rings. The fourth-order valence-corrected chi connectivity index (χ4v) is 3.55. The van der Waals surface area contributed by atoms with Gasteiger partial charge in [0.2, 0.25) is 5.91 Å². The van der Waals surface area contributed by atoms with Crippen LogP contribution in [0.2, 0.25) is 0 Å². The third-order valence-electron chi connectivity index (χ3n) is 5.24. The van der Waals surface area contributed by atoms with Crippen LogP contribution in [0.4, 0.5) is 10.5 Å². The van der Waals surface area contributed by atoms with Crippen LogP contribution in [0.1, 0.15) is 50.5 Å². The predicted molar refractivity (Wildman–Crippen MR) is 103 cm³/mol. The number of imide groups is 1. The van der Waals surface area contributed by atoms with E-state index in [4.69, 9.17) is 0 Å². The number of amides is 3. The molecule has 142 valence electrons. The summed E-state index contributed by atoms with van der Waals surface area (Å²) in [5.74, 6) is -0.321. The first-order chi connectivity index (χ1) is 12.6. The van der Waals surface area contributed by atoms with Gasteiger partial charge in [-0.05, 0) is 44.4 Å². The van der Waals surface area contributed by atoms with Crippen LogP contribution < -0.4 is 16.0 Å². The molecule has 0 saturated heterocycles. The summed E-state index contributed by atoms with van der Waals surface area (Å²) in [5, 5.41) is 8.30. The second-order valence-electron chi connectivity index (χ2n) is 7.51. The number of hydrogen-bond donors (Lipinski definition) is 3. The second-order valence-corrected chi connectivity index (χ2v) is 7.51. The summed E-state index contributed by atoms with van der Waals surface area (Å²) < 4.78 is 0. The highest BCUT2D eigenvalue weighted by atomic mass is 16.2. The lowest BCUT2D eigenvalue weighted by atomic mass is 9.94. The zero-order valence-corrected chi connectivity index (χ0v) is 15.6. The fourth-order valence-electron chi connectivity index (χ4n) is 3.55. The van der Waals surface area contributed by atoms with Crippen LogP contribution in [0.3, 0.4) is 0 Å². The van der Waals surface area contributed by atoms with Gasteiger partial charge in [-0.1, -0.05) is 37.5 Å². The number of anilines is 1. The zero-order chi connectivity index (χ0) is 18.4. The molecule has 6 nitrogen and oxygen atoms in total. The Hall–Kier alpha value is -2.08. The first-order valence-corrected chi connectivity index (χ1v) is 9.74. The molecule has 26 heavy (non-hydrogen) atoms. The molecule has 1 aromatic rings. The van der Waals surface area contributed by atoms with Crippen LogP contribution in [0, 0.1) is 0 Å². The molecule has 2 aliphatic carbocycles. The number of carbonyl (C=O) groups is 2. The lowest BCUT2D eigenvalue weighted by molar-refractivity contribution is -0.118. The summed E-state index contributed by atoms with van der Waals surface area (Å²) in [4.78, 5) is 26.0. The van der Waals surface area contributed by atoms with E-state index in [0.717, 1.165) is 25.1 Å². The van der Waals surface area contributed by atoms with Crippen molar-refractivity contribution in [1.82, 2.24) is 15.5 Å². The molecule has 0 aliphatic heterocycles. The molecule has 0 atom stereocenters. The van der Waals surface area contributed by atoms with Crippen molar-refractivity contribution in [2.45, 2.75) is 63.6 Å². The van der Waals surface area contributed by atoms with Crippen molar-refractivity contribution in [2.75, 3.05) is 18.9 Å². The van der Waals surface area contributed by atoms with Crippen molar-refractivity contribution in [3.05, 3.63) is 29.8 Å². The number of nitrogens with zero attached hydrogens (tertiary/aromatic N) is 1. The average molecular weight is 358 g/mol. The van der Waals surface area contributed by atoms with Crippen molar-refractivity contribution in [2.24, 2.45) is 0 Å². The molecule has 0 unspecified atom stereocenters. The van der Waals surface area contributed by atoms with Crippen molar-refractivity contribution < 1.29 is 9.59 Å². The van der Waals surface area contributed by atoms with E-state index in [1.165, 1.54) is 37.7 Å². The van der Waals surface area contributed by atoms with E-state index in [2.05, 4.69) is 34.0 Å². The Labute approximate surface area is 155 Å². The zero-order valence-electron chi connectivity index (χ0n) is 15.6. The smallest absolute Gasteiger partial charge is 0.321 e. The highest BCUT2D eigenvalue weighted by Crippen LogP contribution is 2.24. The van der Waals surface area contributed by atoms with Gasteiger partial charge in [-0.15, -0.1) is 0 Å². The minimum atomic E-state index is -0.399. The fraction of sp³-hybridized carbons (Fsp3) is 0.600. The second kappa shape index (κ2) is 9.03. The first kappa shape index (κ1) is 18.7. The Morgan fingerprint density at radius 1 is 1.08 bits per heavy atom. The van der Waals surface area contributed by atoms with Gasteiger partial charge in [0.1, 0.15) is 0 Å². The molecule has 2 fully saturated rings. The van der Waals surface area contributed by atoms with Crippen LogP contribution >= 0.6 is 0 Å². The van der Waals surface area contributed by atoms with Crippen molar-refractivity contribution in [3.8, 4) is 0 Å². The van der Waals surface area contributed by atoms with E-state index in [9.17, 15) is 9.59 Å². The maximum atomic E-state index is 12.0. The maximum Gasteiger partial charge on any atom is 0.321 e. The molecule has 0 heterocycles. The molecule has 3 N–H and O–H groups in total. The number of rotatable bonds is 7. The van der Waals surface area contributed by atoms with Gasteiger partial charge in [-0.3, -0.25) is 15.0 Å². The number of nitrogens with one attached hydrogen (secondary N) is 3. The van der Waals surface area contributed by atoms with E-state index >= 15 is 0 Å². The van der Waals surface area contributed by atoms with Gasteiger partial charge < -0.3 is 10.6 Å². The molecule has 3 amide bonds. The van der Waals surface area contributed by atoms with E-state index in [1.54, 1.807) is 0 Å². The molecule has 0 aromatic heterocycles. The Bertz CT molecular complexity index is 624. The van der Waals surface area contributed by atoms with Gasteiger partial charge in [0.15, 0.2) is 0 Å². The van der Waals surface area contributed by atoms with Crippen LogP contribution in [-0.4, -0.2) is 42.5 Å². The normalized spacial score (nSPS) is 17.8. The SMILES string of the molecule is CN(Cc1ccccc1NCC(=O)NC(=O)NC1CC1)C1CCCCC1. The minimum Gasteiger partial charge on any atom is -0.376 e. The third kappa shape index (κ3) is 5.73. The largest absolute Gasteiger partial charge is 0.376 e. The number of hydrogen-bond acceptors (Lipinski definition) is 4. The van der Waals surface area contributed by atoms with E-state index in [1.807, 2.05) is 18.2 Å². The Kier molecular flexibility index (Phi) is 6.50. The van der Waals surface area contributed by atoms with Crippen LogP contribution in [-0.2, 0) is 11.3 Å². The lowest BCUT2D eigenvalue weighted by Gasteiger charge is -2.31. The third-order valence-corrected chi connectivity index (χ3v) is 5.24.